The van der Waals surface area contributed by atoms with E-state index in [1.165, 1.54) is 25.8 Å². The van der Waals surface area contributed by atoms with Gasteiger partial charge in [0.05, 0.1) is 36.5 Å². The lowest BCUT2D eigenvalue weighted by molar-refractivity contribution is -0.184. The summed E-state index contributed by atoms with van der Waals surface area (Å²) in [4.78, 5) is 43.8. The molecule has 1 unspecified atom stereocenters. The van der Waals surface area contributed by atoms with Gasteiger partial charge in [-0.2, -0.15) is 0 Å². The number of carbonyl (C=O) groups excluding carboxylic acids is 3. The molecule has 3 fully saturated rings. The number of piperazine rings is 1. The summed E-state index contributed by atoms with van der Waals surface area (Å²) in [5, 5.41) is 29.8. The Balaban J connectivity index is 1.34. The second kappa shape index (κ2) is 12.5. The molecule has 4 N–H and O–H groups in total. The van der Waals surface area contributed by atoms with Gasteiger partial charge in [0.1, 0.15) is 24.6 Å². The number of phenols is 1. The fourth-order valence-corrected chi connectivity index (χ4v) is 10.6. The van der Waals surface area contributed by atoms with E-state index in [2.05, 4.69) is 15.5 Å². The zero-order chi connectivity index (χ0) is 35.2. The molecule has 7 heterocycles. The van der Waals surface area contributed by atoms with Crippen molar-refractivity contribution < 1.29 is 48.3 Å². The Morgan fingerprint density at radius 2 is 1.90 bits per heavy atom. The molecule has 0 aromatic heterocycles. The highest BCUT2D eigenvalue weighted by atomic mass is 32.2. The maximum atomic E-state index is 13.7. The average Bonchev–Trinajstić information content (AvgIpc) is 3.80. The monoisotopic (exact) mass is 710 g/mol. The number of ether oxygens (including phenoxy) is 5. The van der Waals surface area contributed by atoms with Crippen molar-refractivity contribution in [2.75, 3.05) is 39.9 Å². The lowest BCUT2D eigenvalue weighted by atomic mass is 9.73. The Morgan fingerprint density at radius 3 is 2.62 bits per heavy atom. The highest BCUT2D eigenvalue weighted by Crippen LogP contribution is 2.63. The van der Waals surface area contributed by atoms with Crippen LogP contribution in [0.2, 0.25) is 0 Å². The predicted molar refractivity (Wildman–Crippen MR) is 179 cm³/mol. The summed E-state index contributed by atoms with van der Waals surface area (Å²) in [6.45, 7) is 5.51. The lowest BCUT2D eigenvalue weighted by Crippen LogP contribution is -2.69. The average molecular weight is 711 g/mol. The van der Waals surface area contributed by atoms with E-state index in [1.807, 2.05) is 31.9 Å². The zero-order valence-corrected chi connectivity index (χ0v) is 29.4. The molecule has 0 spiro atoms. The van der Waals surface area contributed by atoms with Crippen LogP contribution in [0.5, 0.6) is 28.7 Å². The number of nitrogens with one attached hydrogen (secondary N) is 2. The van der Waals surface area contributed by atoms with E-state index < -0.39 is 53.6 Å². The van der Waals surface area contributed by atoms with Crippen LogP contribution in [0.3, 0.4) is 0 Å². The number of thioether (sulfide) groups is 1. The Morgan fingerprint density at radius 1 is 1.12 bits per heavy atom. The van der Waals surface area contributed by atoms with Crippen LogP contribution in [-0.2, 0) is 25.5 Å². The number of aryl methyl sites for hydroxylation is 1. The Labute approximate surface area is 293 Å². The van der Waals surface area contributed by atoms with Crippen molar-refractivity contribution in [3.8, 4) is 28.7 Å². The quantitative estimate of drug-likeness (QED) is 0.268. The van der Waals surface area contributed by atoms with E-state index in [1.54, 1.807) is 0 Å². The minimum atomic E-state index is -1.03. The standard InChI is InChI=1S/C35H42N4O10S/c1-14-9-17-10-20-34(43)39-21-11-46-35(44)19(37-33(42)18-7-6-8-36-18)12-50-32(26(39)25(38(20)4)22(17)27(41)28(14)45-5)24-23(21)31-30(47-13-48-31)15(2)29(24)49-16(3)40/h9,18-21,25-26,32,34,36,41,43H,6-8,10-13H2,1-5H3,(H,37,42)/t18-,19?,20+,21+,25+,26+,32+,34-/m0/s1. The molecule has 15 heteroatoms. The van der Waals surface area contributed by atoms with Crippen molar-refractivity contribution in [1.82, 2.24) is 20.4 Å². The first-order valence-corrected chi connectivity index (χ1v) is 18.1. The maximum Gasteiger partial charge on any atom is 0.329 e. The van der Waals surface area contributed by atoms with Gasteiger partial charge >= 0.3 is 11.9 Å². The Hall–Kier alpha value is -3.76. The minimum absolute atomic E-state index is 0.0371. The lowest BCUT2D eigenvalue weighted by Gasteiger charge is -2.62. The first kappa shape index (κ1) is 33.4. The van der Waals surface area contributed by atoms with Gasteiger partial charge in [0, 0.05) is 41.0 Å². The highest BCUT2D eigenvalue weighted by molar-refractivity contribution is 7.99. The third-order valence-corrected chi connectivity index (χ3v) is 12.6. The molecule has 2 aromatic carbocycles. The summed E-state index contributed by atoms with van der Waals surface area (Å²) >= 11 is 1.40. The first-order chi connectivity index (χ1) is 24.0. The number of rotatable bonds is 4. The number of fused-ring (bicyclic) bond motifs is 10. The molecule has 3 saturated heterocycles. The molecule has 50 heavy (non-hydrogen) atoms. The fraction of sp³-hybridized carbons (Fsp3) is 0.571. The molecule has 7 aliphatic rings. The van der Waals surface area contributed by atoms with Gasteiger partial charge in [-0.3, -0.25) is 19.4 Å². The number of likely N-dealkylation sites (N-methyl/N-ethyl adjacent to an activating group) is 1. The van der Waals surface area contributed by atoms with Crippen LogP contribution in [0.15, 0.2) is 6.07 Å². The van der Waals surface area contributed by atoms with Crippen molar-refractivity contribution >= 4 is 29.6 Å². The molecule has 268 valence electrons. The highest BCUT2D eigenvalue weighted by Gasteiger charge is 2.60. The van der Waals surface area contributed by atoms with E-state index >= 15 is 0 Å². The number of nitrogens with zero attached hydrogens (tertiary/aromatic N) is 2. The van der Waals surface area contributed by atoms with E-state index in [4.69, 9.17) is 23.7 Å². The number of phenolic OH excluding ortho intramolecular Hbond substituents is 1. The third-order valence-electron chi connectivity index (χ3n) is 11.2. The topological polar surface area (TPSA) is 168 Å². The minimum Gasteiger partial charge on any atom is -0.504 e. The number of carbonyl (C=O) groups is 3. The number of amides is 1. The number of aromatic hydroxyl groups is 1. The van der Waals surface area contributed by atoms with E-state index in [0.29, 0.717) is 58.1 Å². The number of aliphatic hydroxyl groups excluding tert-OH is 1. The van der Waals surface area contributed by atoms with Crippen LogP contribution in [0.25, 0.3) is 0 Å². The molecule has 2 aromatic rings. The SMILES string of the molecule is COc1c(C)cc2c(c1O)[C@@H]1[C@@H]3[C@@H]4SCC(NC(=O)[C@@H]5CCCN5)C(=O)OC[C@H](c5c6c(c(C)c(OC(C)=O)c54)OCO6)N3[C@@H](O)[C@@H](C2)N1C. The molecule has 0 aliphatic carbocycles. The molecular weight excluding hydrogens is 668 g/mol. The Kier molecular flexibility index (Phi) is 8.33. The fourth-order valence-electron chi connectivity index (χ4n) is 9.06. The van der Waals surface area contributed by atoms with Crippen molar-refractivity contribution in [1.29, 1.82) is 0 Å². The molecule has 0 radical (unpaired) electrons. The summed E-state index contributed by atoms with van der Waals surface area (Å²) in [6.07, 6.45) is 0.965. The summed E-state index contributed by atoms with van der Waals surface area (Å²) in [7, 11) is 3.47. The first-order valence-electron chi connectivity index (χ1n) is 17.0. The maximum absolute atomic E-state index is 13.7. The van der Waals surface area contributed by atoms with Gasteiger partial charge in [-0.05, 0) is 57.8 Å². The van der Waals surface area contributed by atoms with Crippen molar-refractivity contribution in [2.45, 2.75) is 87.8 Å². The molecule has 9 rings (SSSR count). The van der Waals surface area contributed by atoms with Crippen molar-refractivity contribution in [3.05, 3.63) is 39.4 Å². The van der Waals surface area contributed by atoms with E-state index in [0.717, 1.165) is 24.1 Å². The number of benzene rings is 2. The molecule has 7 aliphatic heterocycles. The smallest absolute Gasteiger partial charge is 0.329 e. The second-order valence-electron chi connectivity index (χ2n) is 13.9. The Bertz CT molecular complexity index is 1780. The largest absolute Gasteiger partial charge is 0.504 e. The molecule has 1 amide bonds. The number of hydrogen-bond donors (Lipinski definition) is 4. The van der Waals surface area contributed by atoms with Gasteiger partial charge in [0.2, 0.25) is 12.7 Å². The van der Waals surface area contributed by atoms with Crippen LogP contribution in [0.1, 0.15) is 70.5 Å². The second-order valence-corrected chi connectivity index (χ2v) is 15.1. The number of hydrogen-bond acceptors (Lipinski definition) is 14. The van der Waals surface area contributed by atoms with Crippen LogP contribution >= 0.6 is 11.8 Å². The molecule has 8 atom stereocenters. The van der Waals surface area contributed by atoms with Gasteiger partial charge < -0.3 is 44.5 Å². The summed E-state index contributed by atoms with van der Waals surface area (Å²) < 4.78 is 29.8. The zero-order valence-electron chi connectivity index (χ0n) is 28.6. The van der Waals surface area contributed by atoms with E-state index in [-0.39, 0.29) is 36.9 Å². The van der Waals surface area contributed by atoms with Crippen molar-refractivity contribution in [3.63, 3.8) is 0 Å². The normalized spacial score (nSPS) is 31.3. The van der Waals surface area contributed by atoms with Gasteiger partial charge in [-0.25, -0.2) is 4.79 Å². The molecular formula is C35H42N4O10S. The van der Waals surface area contributed by atoms with Gasteiger partial charge in [0.25, 0.3) is 0 Å². The van der Waals surface area contributed by atoms with E-state index in [9.17, 15) is 24.6 Å². The number of esters is 2. The van der Waals surface area contributed by atoms with Gasteiger partial charge in [-0.15, -0.1) is 11.8 Å². The van der Waals surface area contributed by atoms with Gasteiger partial charge in [-0.1, -0.05) is 6.07 Å². The van der Waals surface area contributed by atoms with Crippen molar-refractivity contribution in [2.24, 2.45) is 0 Å². The summed E-state index contributed by atoms with van der Waals surface area (Å²) in [5.74, 6) is 0.369. The van der Waals surface area contributed by atoms with Crippen LogP contribution in [0.4, 0.5) is 0 Å². The molecule has 14 nitrogen and oxygen atoms in total. The predicted octanol–water partition coefficient (Wildman–Crippen LogP) is 1.89. The summed E-state index contributed by atoms with van der Waals surface area (Å²) in [5.41, 5.74) is 4.26. The van der Waals surface area contributed by atoms with Crippen LogP contribution in [0, 0.1) is 13.8 Å². The molecule has 4 bridgehead atoms. The summed E-state index contributed by atoms with van der Waals surface area (Å²) in [6, 6.07) is -1.52. The number of methoxy groups -OCH3 is 1. The number of aliphatic hydroxyl groups is 1. The molecule has 0 saturated carbocycles. The van der Waals surface area contributed by atoms with Crippen LogP contribution < -0.4 is 29.6 Å². The van der Waals surface area contributed by atoms with Crippen LogP contribution in [-0.4, -0.2) is 108 Å². The van der Waals surface area contributed by atoms with Gasteiger partial charge in [0.15, 0.2) is 23.0 Å². The third kappa shape index (κ3) is 4.95.